The molecule has 96 valence electrons. The van der Waals surface area contributed by atoms with E-state index in [2.05, 4.69) is 12.2 Å². The minimum absolute atomic E-state index is 0.192. The molecule has 0 aliphatic rings. The van der Waals surface area contributed by atoms with Gasteiger partial charge < -0.3 is 10.4 Å². The van der Waals surface area contributed by atoms with Crippen LogP contribution in [0.25, 0.3) is 0 Å². The normalized spacial score (nSPS) is 14.4. The molecule has 0 saturated heterocycles. The van der Waals surface area contributed by atoms with Crippen LogP contribution in [0.5, 0.6) is 0 Å². The Hall–Kier alpha value is -0.870. The Labute approximate surface area is 116 Å². The number of thiophene rings is 1. The molecular formula is C14H16ClNOS. The Morgan fingerprint density at radius 2 is 2.00 bits per heavy atom. The fourth-order valence-corrected chi connectivity index (χ4v) is 2.58. The van der Waals surface area contributed by atoms with Crippen molar-refractivity contribution in [2.24, 2.45) is 0 Å². The molecule has 1 unspecified atom stereocenters. The Kier molecular flexibility index (Phi) is 4.78. The van der Waals surface area contributed by atoms with Crippen LogP contribution in [0.15, 0.2) is 41.8 Å². The molecule has 2 aromatic rings. The maximum Gasteiger partial charge on any atom is 0.101 e. The summed E-state index contributed by atoms with van der Waals surface area (Å²) in [6.45, 7) is 2.62. The molecule has 0 bridgehead atoms. The van der Waals surface area contributed by atoms with Crippen LogP contribution in [0.2, 0.25) is 5.02 Å². The predicted octanol–water partition coefficient (Wildman–Crippen LogP) is 3.79. The number of benzene rings is 1. The van der Waals surface area contributed by atoms with Crippen LogP contribution in [-0.2, 0) is 0 Å². The largest absolute Gasteiger partial charge is 0.386 e. The van der Waals surface area contributed by atoms with Gasteiger partial charge in [-0.25, -0.2) is 0 Å². The number of hydrogen-bond acceptors (Lipinski definition) is 3. The third-order valence-electron chi connectivity index (χ3n) is 2.86. The first-order valence-corrected chi connectivity index (χ1v) is 7.13. The second kappa shape index (κ2) is 6.34. The summed E-state index contributed by atoms with van der Waals surface area (Å²) in [7, 11) is 0. The van der Waals surface area contributed by atoms with E-state index in [1.807, 2.05) is 41.8 Å². The number of rotatable bonds is 5. The van der Waals surface area contributed by atoms with Crippen LogP contribution in [0, 0.1) is 0 Å². The van der Waals surface area contributed by atoms with Crippen LogP contribution in [-0.4, -0.2) is 11.7 Å². The average molecular weight is 282 g/mol. The van der Waals surface area contributed by atoms with E-state index in [1.54, 1.807) is 11.3 Å². The van der Waals surface area contributed by atoms with Gasteiger partial charge in [-0.05, 0) is 36.1 Å². The van der Waals surface area contributed by atoms with Crippen LogP contribution >= 0.6 is 22.9 Å². The lowest BCUT2D eigenvalue weighted by molar-refractivity contribution is 0.174. The molecule has 4 heteroatoms. The lowest BCUT2D eigenvalue weighted by atomic mass is 10.1. The van der Waals surface area contributed by atoms with E-state index in [4.69, 9.17) is 11.6 Å². The molecule has 18 heavy (non-hydrogen) atoms. The van der Waals surface area contributed by atoms with E-state index < -0.39 is 6.10 Å². The predicted molar refractivity (Wildman–Crippen MR) is 77.1 cm³/mol. The van der Waals surface area contributed by atoms with Gasteiger partial charge in [-0.1, -0.05) is 29.8 Å². The Bertz CT molecular complexity index is 469. The van der Waals surface area contributed by atoms with Crippen molar-refractivity contribution >= 4 is 22.9 Å². The molecule has 2 nitrogen and oxygen atoms in total. The van der Waals surface area contributed by atoms with Gasteiger partial charge in [0.2, 0.25) is 0 Å². The number of aliphatic hydroxyl groups is 1. The van der Waals surface area contributed by atoms with Crippen molar-refractivity contribution in [1.82, 2.24) is 5.32 Å². The zero-order valence-corrected chi connectivity index (χ0v) is 11.7. The number of hydrogen-bond donors (Lipinski definition) is 2. The first kappa shape index (κ1) is 13.6. The van der Waals surface area contributed by atoms with Crippen molar-refractivity contribution in [3.8, 4) is 0 Å². The lowest BCUT2D eigenvalue weighted by Crippen LogP contribution is -2.24. The summed E-state index contributed by atoms with van der Waals surface area (Å²) in [6.07, 6.45) is -0.445. The zero-order chi connectivity index (χ0) is 13.0. The van der Waals surface area contributed by atoms with Crippen LogP contribution in [0.3, 0.4) is 0 Å². The second-order valence-electron chi connectivity index (χ2n) is 4.21. The van der Waals surface area contributed by atoms with Crippen molar-refractivity contribution in [2.45, 2.75) is 19.1 Å². The zero-order valence-electron chi connectivity index (χ0n) is 10.1. The highest BCUT2D eigenvalue weighted by atomic mass is 35.5. The molecular weight excluding hydrogens is 266 g/mol. The molecule has 0 spiro atoms. The van der Waals surface area contributed by atoms with Gasteiger partial charge in [-0.15, -0.1) is 11.3 Å². The highest BCUT2D eigenvalue weighted by Gasteiger charge is 2.11. The summed E-state index contributed by atoms with van der Waals surface area (Å²) in [4.78, 5) is 0.991. The highest BCUT2D eigenvalue weighted by Crippen LogP contribution is 2.20. The minimum atomic E-state index is -0.445. The summed E-state index contributed by atoms with van der Waals surface area (Å²) in [5.74, 6) is 0. The van der Waals surface area contributed by atoms with Gasteiger partial charge in [0.25, 0.3) is 0 Å². The maximum absolute atomic E-state index is 9.98. The smallest absolute Gasteiger partial charge is 0.101 e. The molecule has 1 heterocycles. The lowest BCUT2D eigenvalue weighted by Gasteiger charge is -2.17. The average Bonchev–Trinajstić information content (AvgIpc) is 2.90. The summed E-state index contributed by atoms with van der Waals surface area (Å²) >= 11 is 7.43. The Morgan fingerprint density at radius 3 is 2.61 bits per heavy atom. The molecule has 1 aromatic heterocycles. The molecule has 0 radical (unpaired) electrons. The van der Waals surface area contributed by atoms with E-state index in [1.165, 1.54) is 0 Å². The van der Waals surface area contributed by atoms with E-state index in [-0.39, 0.29) is 6.04 Å². The fraction of sp³-hybridized carbons (Fsp3) is 0.286. The van der Waals surface area contributed by atoms with Crippen molar-refractivity contribution in [2.75, 3.05) is 6.54 Å². The quantitative estimate of drug-likeness (QED) is 0.874. The van der Waals surface area contributed by atoms with E-state index >= 15 is 0 Å². The van der Waals surface area contributed by atoms with Gasteiger partial charge in [-0.3, -0.25) is 0 Å². The standard InChI is InChI=1S/C14H16ClNOS/c1-10(11-4-6-12(15)7-5-11)16-9-13(17)14-3-2-8-18-14/h2-8,10,13,16-17H,9H2,1H3/t10-,13?/m0/s1. The van der Waals surface area contributed by atoms with Gasteiger partial charge >= 0.3 is 0 Å². The third-order valence-corrected chi connectivity index (χ3v) is 4.08. The molecule has 2 atom stereocenters. The fourth-order valence-electron chi connectivity index (χ4n) is 1.74. The molecule has 0 aliphatic heterocycles. The molecule has 0 fully saturated rings. The van der Waals surface area contributed by atoms with Gasteiger partial charge in [0, 0.05) is 22.5 Å². The van der Waals surface area contributed by atoms with Crippen LogP contribution in [0.1, 0.15) is 29.5 Å². The molecule has 2 N–H and O–H groups in total. The number of halogens is 1. The van der Waals surface area contributed by atoms with Gasteiger partial charge in [0.05, 0.1) is 0 Å². The van der Waals surface area contributed by atoms with Crippen LogP contribution in [0.4, 0.5) is 0 Å². The summed E-state index contributed by atoms with van der Waals surface area (Å²) in [5.41, 5.74) is 1.16. The summed E-state index contributed by atoms with van der Waals surface area (Å²) < 4.78 is 0. The number of aliphatic hydroxyl groups excluding tert-OH is 1. The van der Waals surface area contributed by atoms with Gasteiger partial charge in [0.1, 0.15) is 6.10 Å². The monoisotopic (exact) mass is 281 g/mol. The number of nitrogens with one attached hydrogen (secondary N) is 1. The van der Waals surface area contributed by atoms with Crippen LogP contribution < -0.4 is 5.32 Å². The topological polar surface area (TPSA) is 32.3 Å². The van der Waals surface area contributed by atoms with E-state index in [0.717, 1.165) is 15.5 Å². The molecule has 0 saturated carbocycles. The molecule has 1 aromatic carbocycles. The van der Waals surface area contributed by atoms with Crippen molar-refractivity contribution in [1.29, 1.82) is 0 Å². The summed E-state index contributed by atoms with van der Waals surface area (Å²) in [5, 5.41) is 16.0. The van der Waals surface area contributed by atoms with E-state index in [0.29, 0.717) is 6.54 Å². The molecule has 0 amide bonds. The Morgan fingerprint density at radius 1 is 1.28 bits per heavy atom. The van der Waals surface area contributed by atoms with Crippen molar-refractivity contribution in [3.63, 3.8) is 0 Å². The van der Waals surface area contributed by atoms with Crippen molar-refractivity contribution < 1.29 is 5.11 Å². The Balaban J connectivity index is 1.88. The third kappa shape index (κ3) is 3.56. The first-order chi connectivity index (χ1) is 8.66. The minimum Gasteiger partial charge on any atom is -0.386 e. The molecule has 2 rings (SSSR count). The second-order valence-corrected chi connectivity index (χ2v) is 5.63. The maximum atomic E-state index is 9.98. The van der Waals surface area contributed by atoms with Gasteiger partial charge in [0.15, 0.2) is 0 Å². The van der Waals surface area contributed by atoms with E-state index in [9.17, 15) is 5.11 Å². The summed E-state index contributed by atoms with van der Waals surface area (Å²) in [6, 6.07) is 11.8. The van der Waals surface area contributed by atoms with Crippen molar-refractivity contribution in [3.05, 3.63) is 57.2 Å². The highest BCUT2D eigenvalue weighted by molar-refractivity contribution is 7.10. The molecule has 0 aliphatic carbocycles. The first-order valence-electron chi connectivity index (χ1n) is 5.87. The van der Waals surface area contributed by atoms with Gasteiger partial charge in [-0.2, -0.15) is 0 Å². The SMILES string of the molecule is C[C@H](NCC(O)c1cccs1)c1ccc(Cl)cc1.